The first kappa shape index (κ1) is 24.6. The molecular formula is C28H27ClN5OS-. The van der Waals surface area contributed by atoms with E-state index in [1.54, 1.807) is 11.3 Å². The molecule has 0 aliphatic carbocycles. The number of likely N-dealkylation sites (N-methyl/N-ethyl adjacent to an activating group) is 1. The van der Waals surface area contributed by atoms with Gasteiger partial charge in [-0.05, 0) is 36.0 Å². The zero-order valence-corrected chi connectivity index (χ0v) is 21.7. The maximum Gasteiger partial charge on any atom is 0.261 e. The molecular weight excluding hydrogens is 490 g/mol. The molecule has 1 aliphatic heterocycles. The molecule has 1 fully saturated rings. The monoisotopic (exact) mass is 516 g/mol. The lowest BCUT2D eigenvalue weighted by Crippen LogP contribution is -3.00. The van der Waals surface area contributed by atoms with Gasteiger partial charge < -0.3 is 17.3 Å². The highest BCUT2D eigenvalue weighted by Crippen LogP contribution is 2.26. The molecule has 0 radical (unpaired) electrons. The van der Waals surface area contributed by atoms with Crippen molar-refractivity contribution in [1.82, 2.24) is 24.3 Å². The highest BCUT2D eigenvalue weighted by molar-refractivity contribution is 7.09. The zero-order valence-electron chi connectivity index (χ0n) is 20.1. The number of nitrogens with zero attached hydrogens (tertiary/aromatic N) is 5. The maximum atomic E-state index is 13.5. The molecule has 0 unspecified atom stereocenters. The minimum Gasteiger partial charge on any atom is -1.00 e. The Morgan fingerprint density at radius 1 is 0.861 bits per heavy atom. The minimum atomic E-state index is 0. The molecule has 3 aromatic carbocycles. The Kier molecular flexibility index (Phi) is 7.16. The van der Waals surface area contributed by atoms with Crippen molar-refractivity contribution in [3.63, 3.8) is 0 Å². The van der Waals surface area contributed by atoms with Gasteiger partial charge in [0.2, 0.25) is 0 Å². The van der Waals surface area contributed by atoms with Gasteiger partial charge >= 0.3 is 0 Å². The van der Waals surface area contributed by atoms with Crippen LogP contribution in [0.1, 0.15) is 10.8 Å². The summed E-state index contributed by atoms with van der Waals surface area (Å²) in [5, 5.41) is 6.06. The van der Waals surface area contributed by atoms with E-state index in [4.69, 9.17) is 9.97 Å². The van der Waals surface area contributed by atoms with Crippen molar-refractivity contribution >= 4 is 33.0 Å². The number of hydrogen-bond donors (Lipinski definition) is 0. The van der Waals surface area contributed by atoms with E-state index in [0.717, 1.165) is 53.8 Å². The molecule has 0 saturated carbocycles. The second kappa shape index (κ2) is 10.5. The summed E-state index contributed by atoms with van der Waals surface area (Å²) in [5.41, 5.74) is 2.79. The van der Waals surface area contributed by atoms with Gasteiger partial charge in [0.15, 0.2) is 0 Å². The van der Waals surface area contributed by atoms with Crippen molar-refractivity contribution in [2.24, 2.45) is 0 Å². The smallest absolute Gasteiger partial charge is 0.261 e. The topological polar surface area (TPSA) is 54.3 Å². The van der Waals surface area contributed by atoms with Crippen LogP contribution >= 0.6 is 11.3 Å². The van der Waals surface area contributed by atoms with Crippen LogP contribution in [0.15, 0.2) is 76.9 Å². The Labute approximate surface area is 220 Å². The SMILES string of the molecule is CN1CCN(Cc2nc3ccccc3c(=O)n2Cc2nc(-c3ccc4ccccc4c3)cs2)CC1.[Cl-]. The summed E-state index contributed by atoms with van der Waals surface area (Å²) in [7, 11) is 2.15. The van der Waals surface area contributed by atoms with Crippen molar-refractivity contribution in [3.8, 4) is 11.3 Å². The molecule has 5 aromatic rings. The second-order valence-corrected chi connectivity index (χ2v) is 10.1. The van der Waals surface area contributed by atoms with Crippen LogP contribution in [0.25, 0.3) is 32.9 Å². The number of hydrogen-bond acceptors (Lipinski definition) is 6. The maximum absolute atomic E-state index is 13.5. The summed E-state index contributed by atoms with van der Waals surface area (Å²) in [6.45, 7) is 5.10. The van der Waals surface area contributed by atoms with Crippen LogP contribution in [0.4, 0.5) is 0 Å². The van der Waals surface area contributed by atoms with Gasteiger partial charge in [-0.1, -0.05) is 48.5 Å². The van der Waals surface area contributed by atoms with Gasteiger partial charge in [0, 0.05) is 37.1 Å². The normalized spacial score (nSPS) is 14.8. The van der Waals surface area contributed by atoms with Crippen molar-refractivity contribution in [2.75, 3.05) is 33.2 Å². The number of aromatic nitrogens is 3. The predicted octanol–water partition coefficient (Wildman–Crippen LogP) is 1.47. The Morgan fingerprint density at radius 2 is 1.61 bits per heavy atom. The molecule has 6 nitrogen and oxygen atoms in total. The van der Waals surface area contributed by atoms with E-state index in [0.29, 0.717) is 18.5 Å². The third kappa shape index (κ3) is 4.92. The lowest BCUT2D eigenvalue weighted by atomic mass is 10.1. The number of rotatable bonds is 5. The predicted molar refractivity (Wildman–Crippen MR) is 143 cm³/mol. The van der Waals surface area contributed by atoms with Gasteiger partial charge in [0.25, 0.3) is 5.56 Å². The van der Waals surface area contributed by atoms with Crippen LogP contribution in [0, 0.1) is 0 Å². The number of benzene rings is 3. The fourth-order valence-electron chi connectivity index (χ4n) is 4.70. The van der Waals surface area contributed by atoms with Crippen LogP contribution in [-0.4, -0.2) is 57.6 Å². The van der Waals surface area contributed by atoms with E-state index in [2.05, 4.69) is 64.7 Å². The highest BCUT2D eigenvalue weighted by Gasteiger charge is 2.19. The lowest BCUT2D eigenvalue weighted by molar-refractivity contribution is -0.00000707. The van der Waals surface area contributed by atoms with Crippen LogP contribution < -0.4 is 18.0 Å². The fourth-order valence-corrected chi connectivity index (χ4v) is 5.49. The molecule has 6 rings (SSSR count). The summed E-state index contributed by atoms with van der Waals surface area (Å²) < 4.78 is 1.82. The van der Waals surface area contributed by atoms with Crippen LogP contribution in [0.2, 0.25) is 0 Å². The quantitative estimate of drug-likeness (QED) is 0.354. The summed E-state index contributed by atoms with van der Waals surface area (Å²) >= 11 is 1.59. The summed E-state index contributed by atoms with van der Waals surface area (Å²) in [6.07, 6.45) is 0. The molecule has 0 spiro atoms. The molecule has 0 bridgehead atoms. The number of fused-ring (bicyclic) bond motifs is 2. The van der Waals surface area contributed by atoms with Crippen LogP contribution in [-0.2, 0) is 13.1 Å². The summed E-state index contributed by atoms with van der Waals surface area (Å²) in [6, 6.07) is 22.4. The molecule has 0 amide bonds. The van der Waals surface area contributed by atoms with Crippen LogP contribution in [0.5, 0.6) is 0 Å². The van der Waals surface area contributed by atoms with E-state index in [1.807, 2.05) is 28.8 Å². The Morgan fingerprint density at radius 3 is 2.44 bits per heavy atom. The Bertz CT molecular complexity index is 1570. The van der Waals surface area contributed by atoms with E-state index in [1.165, 1.54) is 10.8 Å². The Balaban J connectivity index is 0.00000267. The summed E-state index contributed by atoms with van der Waals surface area (Å²) in [4.78, 5) is 28.1. The lowest BCUT2D eigenvalue weighted by Gasteiger charge is -2.32. The van der Waals surface area contributed by atoms with Gasteiger partial charge in [-0.3, -0.25) is 14.3 Å². The van der Waals surface area contributed by atoms with Crippen molar-refractivity contribution in [1.29, 1.82) is 0 Å². The second-order valence-electron chi connectivity index (χ2n) is 9.20. The first-order valence-corrected chi connectivity index (χ1v) is 12.8. The van der Waals surface area contributed by atoms with Gasteiger partial charge in [0.05, 0.1) is 29.7 Å². The third-order valence-electron chi connectivity index (χ3n) is 6.79. The average molecular weight is 517 g/mol. The Hall–Kier alpha value is -3.10. The van der Waals surface area contributed by atoms with E-state index in [-0.39, 0.29) is 18.0 Å². The van der Waals surface area contributed by atoms with E-state index >= 15 is 0 Å². The molecule has 3 heterocycles. The van der Waals surface area contributed by atoms with Gasteiger partial charge in [0.1, 0.15) is 10.8 Å². The fraction of sp³-hybridized carbons (Fsp3) is 0.250. The van der Waals surface area contributed by atoms with E-state index < -0.39 is 0 Å². The summed E-state index contributed by atoms with van der Waals surface area (Å²) in [5.74, 6) is 0.806. The zero-order chi connectivity index (χ0) is 23.8. The molecule has 8 heteroatoms. The molecule has 36 heavy (non-hydrogen) atoms. The molecule has 184 valence electrons. The molecule has 0 atom stereocenters. The third-order valence-corrected chi connectivity index (χ3v) is 7.63. The molecule has 0 N–H and O–H groups in total. The molecule has 1 saturated heterocycles. The molecule has 2 aromatic heterocycles. The van der Waals surface area contributed by atoms with E-state index in [9.17, 15) is 4.79 Å². The van der Waals surface area contributed by atoms with Crippen molar-refractivity contribution < 1.29 is 12.4 Å². The number of thiazole rings is 1. The standard InChI is InChI=1S/C28H27N5OS.ClH/c1-31-12-14-32(15-13-31)17-26-29-24-9-5-4-8-23(24)28(34)33(26)18-27-30-25(19-35-27)22-11-10-20-6-2-3-7-21(20)16-22;/h2-11,16,19H,12-15,17-18H2,1H3;1H/p-1. The van der Waals surface area contributed by atoms with Crippen molar-refractivity contribution in [2.45, 2.75) is 13.1 Å². The number of para-hydroxylation sites is 1. The minimum absolute atomic E-state index is 0. The highest BCUT2D eigenvalue weighted by atomic mass is 35.5. The first-order valence-electron chi connectivity index (χ1n) is 12.0. The van der Waals surface area contributed by atoms with Crippen LogP contribution in [0.3, 0.4) is 0 Å². The number of halogens is 1. The largest absolute Gasteiger partial charge is 1.00 e. The van der Waals surface area contributed by atoms with Gasteiger partial charge in [-0.15, -0.1) is 11.3 Å². The average Bonchev–Trinajstić information content (AvgIpc) is 3.36. The first-order chi connectivity index (χ1) is 17.1. The van der Waals surface area contributed by atoms with Gasteiger partial charge in [-0.2, -0.15) is 0 Å². The molecule has 1 aliphatic rings. The van der Waals surface area contributed by atoms with Gasteiger partial charge in [-0.25, -0.2) is 9.97 Å². The number of piperazine rings is 1. The van der Waals surface area contributed by atoms with Crippen molar-refractivity contribution in [3.05, 3.63) is 93.3 Å².